The maximum Gasteiger partial charge on any atom is 0.0972 e. The van der Waals surface area contributed by atoms with Crippen LogP contribution in [-0.2, 0) is 6.42 Å². The molecule has 3 rings (SSSR count). The summed E-state index contributed by atoms with van der Waals surface area (Å²) in [5.41, 5.74) is 5.29. The van der Waals surface area contributed by atoms with Crippen LogP contribution in [0.15, 0.2) is 23.6 Å². The van der Waals surface area contributed by atoms with E-state index in [0.717, 1.165) is 13.0 Å². The second kappa shape index (κ2) is 5.43. The Bertz CT molecular complexity index is 548. The number of aromatic nitrogens is 1. The van der Waals surface area contributed by atoms with Crippen LogP contribution in [0.4, 0.5) is 0 Å². The monoisotopic (exact) mass is 272 g/mol. The number of rotatable bonds is 3. The summed E-state index contributed by atoms with van der Waals surface area (Å²) >= 11 is 1.79. The molecule has 0 spiro atoms. The Morgan fingerprint density at radius 1 is 1.26 bits per heavy atom. The maximum absolute atomic E-state index is 4.80. The van der Waals surface area contributed by atoms with Crippen molar-refractivity contribution in [2.75, 3.05) is 6.54 Å². The second-order valence-electron chi connectivity index (χ2n) is 5.49. The van der Waals surface area contributed by atoms with E-state index in [9.17, 15) is 0 Å². The number of hydrogen-bond donors (Lipinski definition) is 1. The minimum absolute atomic E-state index is 0.490. The van der Waals surface area contributed by atoms with Crippen LogP contribution in [0.3, 0.4) is 0 Å². The van der Waals surface area contributed by atoms with Crippen LogP contribution >= 0.6 is 11.3 Å². The van der Waals surface area contributed by atoms with Crippen molar-refractivity contribution in [3.63, 3.8) is 0 Å². The minimum Gasteiger partial charge on any atom is -0.309 e. The molecule has 1 unspecified atom stereocenters. The Balaban J connectivity index is 1.76. The molecule has 1 atom stereocenters. The van der Waals surface area contributed by atoms with E-state index in [1.54, 1.807) is 11.3 Å². The van der Waals surface area contributed by atoms with Crippen molar-refractivity contribution in [3.8, 4) is 0 Å². The van der Waals surface area contributed by atoms with Crippen molar-refractivity contribution in [2.45, 2.75) is 39.2 Å². The number of nitrogens with one attached hydrogen (secondary N) is 1. The molecule has 0 saturated carbocycles. The third-order valence-electron chi connectivity index (χ3n) is 3.62. The van der Waals surface area contributed by atoms with Crippen molar-refractivity contribution in [1.82, 2.24) is 10.3 Å². The number of benzene rings is 1. The third kappa shape index (κ3) is 3.04. The molecule has 0 radical (unpaired) electrons. The van der Waals surface area contributed by atoms with Gasteiger partial charge in [0.2, 0.25) is 0 Å². The Morgan fingerprint density at radius 3 is 2.74 bits per heavy atom. The van der Waals surface area contributed by atoms with E-state index in [4.69, 9.17) is 4.98 Å². The molecule has 2 aromatic rings. The molecule has 2 heterocycles. The summed E-state index contributed by atoms with van der Waals surface area (Å²) in [7, 11) is 0. The zero-order valence-electron chi connectivity index (χ0n) is 11.6. The van der Waals surface area contributed by atoms with Crippen LogP contribution in [0.2, 0.25) is 0 Å². The Labute approximate surface area is 118 Å². The fourth-order valence-corrected chi connectivity index (χ4v) is 3.73. The van der Waals surface area contributed by atoms with Crippen LogP contribution in [-0.4, -0.2) is 11.5 Å². The van der Waals surface area contributed by atoms with Gasteiger partial charge in [0.05, 0.1) is 16.7 Å². The molecule has 19 heavy (non-hydrogen) atoms. The van der Waals surface area contributed by atoms with Crippen molar-refractivity contribution in [1.29, 1.82) is 0 Å². The molecule has 0 aliphatic carbocycles. The first-order valence-corrected chi connectivity index (χ1v) is 7.83. The molecule has 2 nitrogen and oxygen atoms in total. The summed E-state index contributed by atoms with van der Waals surface area (Å²) in [4.78, 5) is 4.80. The van der Waals surface area contributed by atoms with Crippen LogP contribution < -0.4 is 5.32 Å². The fraction of sp³-hybridized carbons (Fsp3) is 0.438. The topological polar surface area (TPSA) is 24.9 Å². The van der Waals surface area contributed by atoms with Gasteiger partial charge in [-0.1, -0.05) is 29.3 Å². The SMILES string of the molecule is Cc1cc(C)cc(Cc2nc(C3CCCN3)cs2)c1. The van der Waals surface area contributed by atoms with Crippen molar-refractivity contribution >= 4 is 11.3 Å². The van der Waals surface area contributed by atoms with E-state index in [0.29, 0.717) is 6.04 Å². The van der Waals surface area contributed by atoms with Crippen LogP contribution in [0, 0.1) is 13.8 Å². The van der Waals surface area contributed by atoms with E-state index in [1.807, 2.05) is 0 Å². The molecule has 0 amide bonds. The summed E-state index contributed by atoms with van der Waals surface area (Å²) < 4.78 is 0. The van der Waals surface area contributed by atoms with Gasteiger partial charge in [0.15, 0.2) is 0 Å². The predicted molar refractivity (Wildman–Crippen MR) is 80.8 cm³/mol. The second-order valence-corrected chi connectivity index (χ2v) is 6.43. The molecule has 3 heteroatoms. The van der Waals surface area contributed by atoms with E-state index in [1.165, 1.54) is 40.2 Å². The highest BCUT2D eigenvalue weighted by molar-refractivity contribution is 7.09. The lowest BCUT2D eigenvalue weighted by molar-refractivity contribution is 0.630. The average molecular weight is 272 g/mol. The van der Waals surface area contributed by atoms with Gasteiger partial charge in [-0.15, -0.1) is 11.3 Å². The molecule has 1 aliphatic rings. The average Bonchev–Trinajstić information content (AvgIpc) is 2.96. The van der Waals surface area contributed by atoms with Gasteiger partial charge in [0.1, 0.15) is 0 Å². The molecule has 1 aliphatic heterocycles. The van der Waals surface area contributed by atoms with Gasteiger partial charge >= 0.3 is 0 Å². The first kappa shape index (κ1) is 12.8. The van der Waals surface area contributed by atoms with Gasteiger partial charge in [-0.25, -0.2) is 4.98 Å². The number of aryl methyl sites for hydroxylation is 2. The number of nitrogens with zero attached hydrogens (tertiary/aromatic N) is 1. The van der Waals surface area contributed by atoms with Gasteiger partial charge in [-0.05, 0) is 38.8 Å². The van der Waals surface area contributed by atoms with Gasteiger partial charge < -0.3 is 5.32 Å². The smallest absolute Gasteiger partial charge is 0.0972 e. The molecule has 1 aromatic carbocycles. The molecule has 1 N–H and O–H groups in total. The quantitative estimate of drug-likeness (QED) is 0.920. The third-order valence-corrected chi connectivity index (χ3v) is 4.49. The summed E-state index contributed by atoms with van der Waals surface area (Å²) in [6, 6.07) is 7.24. The Morgan fingerprint density at radius 2 is 2.05 bits per heavy atom. The summed E-state index contributed by atoms with van der Waals surface area (Å²) in [6.07, 6.45) is 3.46. The van der Waals surface area contributed by atoms with Crippen LogP contribution in [0.25, 0.3) is 0 Å². The minimum atomic E-state index is 0.490. The molecule has 0 bridgehead atoms. The van der Waals surface area contributed by atoms with Gasteiger partial charge in [-0.3, -0.25) is 0 Å². The van der Waals surface area contributed by atoms with E-state index in [-0.39, 0.29) is 0 Å². The summed E-state index contributed by atoms with van der Waals surface area (Å²) in [5, 5.41) is 6.97. The molecule has 1 aromatic heterocycles. The van der Waals surface area contributed by atoms with Gasteiger partial charge in [-0.2, -0.15) is 0 Å². The van der Waals surface area contributed by atoms with Crippen molar-refractivity contribution < 1.29 is 0 Å². The zero-order valence-corrected chi connectivity index (χ0v) is 12.4. The van der Waals surface area contributed by atoms with Crippen LogP contribution in [0.1, 0.15) is 46.3 Å². The summed E-state index contributed by atoms with van der Waals surface area (Å²) in [6.45, 7) is 5.45. The largest absolute Gasteiger partial charge is 0.309 e. The molecule has 1 saturated heterocycles. The zero-order chi connectivity index (χ0) is 13.2. The van der Waals surface area contributed by atoms with Gasteiger partial charge in [0.25, 0.3) is 0 Å². The first-order valence-electron chi connectivity index (χ1n) is 6.95. The molecule has 1 fully saturated rings. The van der Waals surface area contributed by atoms with Crippen molar-refractivity contribution in [3.05, 3.63) is 51.0 Å². The Kier molecular flexibility index (Phi) is 3.67. The number of thiazole rings is 1. The lowest BCUT2D eigenvalue weighted by Gasteiger charge is -2.05. The highest BCUT2D eigenvalue weighted by atomic mass is 32.1. The standard InChI is InChI=1S/C16H20N2S/c1-11-6-12(2)8-13(7-11)9-16-18-15(10-19-16)14-4-3-5-17-14/h6-8,10,14,17H,3-5,9H2,1-2H3. The van der Waals surface area contributed by atoms with E-state index in [2.05, 4.69) is 42.7 Å². The normalized spacial score (nSPS) is 18.9. The predicted octanol–water partition coefficient (Wildman–Crippen LogP) is 3.78. The number of hydrogen-bond acceptors (Lipinski definition) is 3. The van der Waals surface area contributed by atoms with E-state index < -0.39 is 0 Å². The Hall–Kier alpha value is -1.19. The highest BCUT2D eigenvalue weighted by Crippen LogP contribution is 2.25. The molecule has 100 valence electrons. The maximum atomic E-state index is 4.80. The van der Waals surface area contributed by atoms with Gasteiger partial charge in [0, 0.05) is 11.8 Å². The summed E-state index contributed by atoms with van der Waals surface area (Å²) in [5.74, 6) is 0. The van der Waals surface area contributed by atoms with Crippen molar-refractivity contribution in [2.24, 2.45) is 0 Å². The fourth-order valence-electron chi connectivity index (χ4n) is 2.85. The first-order chi connectivity index (χ1) is 9.20. The van der Waals surface area contributed by atoms with E-state index >= 15 is 0 Å². The molecular formula is C16H20N2S. The van der Waals surface area contributed by atoms with Crippen LogP contribution in [0.5, 0.6) is 0 Å². The lowest BCUT2D eigenvalue weighted by Crippen LogP contribution is -2.13. The lowest BCUT2D eigenvalue weighted by atomic mass is 10.1. The highest BCUT2D eigenvalue weighted by Gasteiger charge is 2.18. The molecular weight excluding hydrogens is 252 g/mol.